The SMILES string of the molecule is CCOC(=O)C(CC)Sc1ccc(O)c2ccccc12. The van der Waals surface area contributed by atoms with Crippen molar-refractivity contribution in [1.29, 1.82) is 0 Å². The van der Waals surface area contributed by atoms with Gasteiger partial charge in [-0.15, -0.1) is 11.8 Å². The lowest BCUT2D eigenvalue weighted by Crippen LogP contribution is -2.19. The molecule has 0 amide bonds. The summed E-state index contributed by atoms with van der Waals surface area (Å²) in [7, 11) is 0. The third-order valence-corrected chi connectivity index (χ3v) is 4.47. The molecular formula is C16H18O3S. The quantitative estimate of drug-likeness (QED) is 0.668. The first-order valence-electron chi connectivity index (χ1n) is 6.71. The van der Waals surface area contributed by atoms with E-state index in [4.69, 9.17) is 4.74 Å². The molecule has 0 spiro atoms. The fourth-order valence-corrected chi connectivity index (χ4v) is 3.13. The van der Waals surface area contributed by atoms with Gasteiger partial charge >= 0.3 is 5.97 Å². The molecule has 106 valence electrons. The van der Waals surface area contributed by atoms with Crippen LogP contribution in [0.1, 0.15) is 20.3 Å². The molecule has 1 unspecified atom stereocenters. The average Bonchev–Trinajstić information content (AvgIpc) is 2.47. The molecule has 1 N–H and O–H groups in total. The summed E-state index contributed by atoms with van der Waals surface area (Å²) < 4.78 is 5.09. The molecule has 3 nitrogen and oxygen atoms in total. The Kier molecular flexibility index (Phi) is 4.90. The van der Waals surface area contributed by atoms with Crippen LogP contribution in [-0.2, 0) is 9.53 Å². The van der Waals surface area contributed by atoms with Crippen molar-refractivity contribution in [1.82, 2.24) is 0 Å². The van der Waals surface area contributed by atoms with Crippen molar-refractivity contribution in [3.8, 4) is 5.75 Å². The number of carbonyl (C=O) groups excluding carboxylic acids is 1. The van der Waals surface area contributed by atoms with E-state index in [9.17, 15) is 9.90 Å². The number of rotatable bonds is 5. The zero-order chi connectivity index (χ0) is 14.5. The van der Waals surface area contributed by atoms with Gasteiger partial charge in [-0.3, -0.25) is 4.79 Å². The van der Waals surface area contributed by atoms with Gasteiger partial charge in [0.25, 0.3) is 0 Å². The van der Waals surface area contributed by atoms with Gasteiger partial charge in [-0.25, -0.2) is 0 Å². The number of benzene rings is 2. The number of carbonyl (C=O) groups is 1. The van der Waals surface area contributed by atoms with E-state index in [1.165, 1.54) is 11.8 Å². The van der Waals surface area contributed by atoms with Gasteiger partial charge in [-0.2, -0.15) is 0 Å². The van der Waals surface area contributed by atoms with Crippen LogP contribution in [0.15, 0.2) is 41.3 Å². The molecule has 0 aliphatic heterocycles. The maximum Gasteiger partial charge on any atom is 0.319 e. The van der Waals surface area contributed by atoms with Gasteiger partial charge < -0.3 is 9.84 Å². The van der Waals surface area contributed by atoms with Crippen molar-refractivity contribution in [2.24, 2.45) is 0 Å². The van der Waals surface area contributed by atoms with Crippen LogP contribution in [0.2, 0.25) is 0 Å². The molecule has 0 aliphatic rings. The number of hydrogen-bond donors (Lipinski definition) is 1. The van der Waals surface area contributed by atoms with Crippen LogP contribution in [0.4, 0.5) is 0 Å². The van der Waals surface area contributed by atoms with Crippen molar-refractivity contribution in [2.75, 3.05) is 6.61 Å². The first-order chi connectivity index (χ1) is 9.67. The van der Waals surface area contributed by atoms with Crippen LogP contribution in [-0.4, -0.2) is 22.9 Å². The lowest BCUT2D eigenvalue weighted by molar-refractivity contribution is -0.142. The molecule has 0 aromatic heterocycles. The number of hydrogen-bond acceptors (Lipinski definition) is 4. The third kappa shape index (κ3) is 3.07. The first kappa shape index (κ1) is 14.7. The van der Waals surface area contributed by atoms with Crippen LogP contribution < -0.4 is 0 Å². The minimum atomic E-state index is -0.220. The number of thioether (sulfide) groups is 1. The fourth-order valence-electron chi connectivity index (χ4n) is 2.04. The molecule has 0 radical (unpaired) electrons. The Balaban J connectivity index is 2.33. The summed E-state index contributed by atoms with van der Waals surface area (Å²) >= 11 is 1.49. The van der Waals surface area contributed by atoms with E-state index in [-0.39, 0.29) is 17.0 Å². The van der Waals surface area contributed by atoms with Crippen LogP contribution in [0.3, 0.4) is 0 Å². The predicted octanol–water partition coefficient (Wildman–Crippen LogP) is 3.98. The highest BCUT2D eigenvalue weighted by atomic mass is 32.2. The Morgan fingerprint density at radius 1 is 1.20 bits per heavy atom. The normalized spacial score (nSPS) is 12.3. The lowest BCUT2D eigenvalue weighted by Gasteiger charge is -2.15. The second kappa shape index (κ2) is 6.66. The van der Waals surface area contributed by atoms with Crippen molar-refractivity contribution >= 4 is 28.5 Å². The minimum Gasteiger partial charge on any atom is -0.507 e. The zero-order valence-electron chi connectivity index (χ0n) is 11.6. The standard InChI is InChI=1S/C16H18O3S/c1-3-14(16(18)19-4-2)20-15-10-9-13(17)11-7-5-6-8-12(11)15/h5-10,14,17H,3-4H2,1-2H3. The van der Waals surface area contributed by atoms with E-state index in [1.54, 1.807) is 6.07 Å². The Bertz CT molecular complexity index is 610. The van der Waals surface area contributed by atoms with E-state index in [0.717, 1.165) is 15.7 Å². The van der Waals surface area contributed by atoms with Gasteiger partial charge in [-0.05, 0) is 30.9 Å². The van der Waals surface area contributed by atoms with Gasteiger partial charge in [0.15, 0.2) is 0 Å². The number of phenols is 1. The summed E-state index contributed by atoms with van der Waals surface area (Å²) in [6, 6.07) is 11.2. The summed E-state index contributed by atoms with van der Waals surface area (Å²) in [5.41, 5.74) is 0. The molecule has 0 fully saturated rings. The molecule has 0 bridgehead atoms. The Labute approximate surface area is 122 Å². The molecule has 4 heteroatoms. The monoisotopic (exact) mass is 290 g/mol. The van der Waals surface area contributed by atoms with Gasteiger partial charge in [0.1, 0.15) is 11.0 Å². The topological polar surface area (TPSA) is 46.5 Å². The van der Waals surface area contributed by atoms with E-state index in [1.807, 2.05) is 44.2 Å². The largest absolute Gasteiger partial charge is 0.507 e. The van der Waals surface area contributed by atoms with E-state index in [0.29, 0.717) is 13.0 Å². The highest BCUT2D eigenvalue weighted by Crippen LogP contribution is 2.36. The second-order valence-electron chi connectivity index (χ2n) is 4.40. The van der Waals surface area contributed by atoms with Gasteiger partial charge in [-0.1, -0.05) is 31.2 Å². The second-order valence-corrected chi connectivity index (χ2v) is 5.64. The van der Waals surface area contributed by atoms with Gasteiger partial charge in [0.2, 0.25) is 0 Å². The molecule has 1 atom stereocenters. The Morgan fingerprint density at radius 3 is 2.55 bits per heavy atom. The molecule has 2 aromatic carbocycles. The first-order valence-corrected chi connectivity index (χ1v) is 7.59. The Hall–Kier alpha value is -1.68. The van der Waals surface area contributed by atoms with Crippen LogP contribution in [0.25, 0.3) is 10.8 Å². The molecule has 20 heavy (non-hydrogen) atoms. The van der Waals surface area contributed by atoms with Crippen molar-refractivity contribution < 1.29 is 14.6 Å². The summed E-state index contributed by atoms with van der Waals surface area (Å²) in [5, 5.41) is 11.4. The number of fused-ring (bicyclic) bond motifs is 1. The molecule has 0 saturated carbocycles. The number of phenolic OH excluding ortho intramolecular Hbond substituents is 1. The van der Waals surface area contributed by atoms with Crippen molar-refractivity contribution in [3.05, 3.63) is 36.4 Å². The summed E-state index contributed by atoms with van der Waals surface area (Å²) in [5.74, 6) is 0.0753. The zero-order valence-corrected chi connectivity index (χ0v) is 12.4. The van der Waals surface area contributed by atoms with E-state index < -0.39 is 0 Å². The number of esters is 1. The van der Waals surface area contributed by atoms with Crippen LogP contribution in [0, 0.1) is 0 Å². The van der Waals surface area contributed by atoms with Gasteiger partial charge in [0, 0.05) is 10.3 Å². The van der Waals surface area contributed by atoms with E-state index in [2.05, 4.69) is 0 Å². The van der Waals surface area contributed by atoms with Gasteiger partial charge in [0.05, 0.1) is 6.61 Å². The molecular weight excluding hydrogens is 272 g/mol. The summed E-state index contributed by atoms with van der Waals surface area (Å²) in [6.07, 6.45) is 0.707. The number of aromatic hydroxyl groups is 1. The average molecular weight is 290 g/mol. The van der Waals surface area contributed by atoms with Crippen LogP contribution in [0.5, 0.6) is 5.75 Å². The maximum absolute atomic E-state index is 11.9. The number of ether oxygens (including phenoxy) is 1. The molecule has 0 saturated heterocycles. The molecule has 2 aromatic rings. The third-order valence-electron chi connectivity index (χ3n) is 3.05. The lowest BCUT2D eigenvalue weighted by atomic mass is 10.1. The molecule has 0 heterocycles. The molecule has 2 rings (SSSR count). The van der Waals surface area contributed by atoms with Crippen molar-refractivity contribution in [2.45, 2.75) is 30.4 Å². The van der Waals surface area contributed by atoms with Crippen LogP contribution >= 0.6 is 11.8 Å². The maximum atomic E-state index is 11.9. The van der Waals surface area contributed by atoms with Crippen molar-refractivity contribution in [3.63, 3.8) is 0 Å². The fraction of sp³-hybridized carbons (Fsp3) is 0.312. The highest BCUT2D eigenvalue weighted by Gasteiger charge is 2.20. The summed E-state index contributed by atoms with van der Waals surface area (Å²) in [4.78, 5) is 12.9. The van der Waals surface area contributed by atoms with E-state index >= 15 is 0 Å². The predicted molar refractivity (Wildman–Crippen MR) is 82.2 cm³/mol. The smallest absolute Gasteiger partial charge is 0.319 e. The summed E-state index contributed by atoms with van der Waals surface area (Å²) in [6.45, 7) is 4.18. The Morgan fingerprint density at radius 2 is 1.90 bits per heavy atom. The highest BCUT2D eigenvalue weighted by molar-refractivity contribution is 8.00. The molecule has 0 aliphatic carbocycles. The minimum absolute atomic E-state index is 0.183.